The van der Waals surface area contributed by atoms with Crippen molar-refractivity contribution in [2.24, 2.45) is 11.1 Å². The van der Waals surface area contributed by atoms with Gasteiger partial charge in [0, 0.05) is 18.0 Å². The van der Waals surface area contributed by atoms with E-state index in [0.717, 1.165) is 11.3 Å². The van der Waals surface area contributed by atoms with Crippen molar-refractivity contribution in [3.05, 3.63) is 15.8 Å². The van der Waals surface area contributed by atoms with Gasteiger partial charge in [0.1, 0.15) is 10.6 Å². The lowest BCUT2D eigenvalue weighted by molar-refractivity contribution is -0.0499. The molecule has 20 heavy (non-hydrogen) atoms. The van der Waals surface area contributed by atoms with Gasteiger partial charge in [0.05, 0.1) is 0 Å². The molecule has 0 aromatic carbocycles. The Labute approximate surface area is 120 Å². The highest BCUT2D eigenvalue weighted by molar-refractivity contribution is 7.14. The largest absolute Gasteiger partial charge is 0.433 e. The minimum atomic E-state index is -2.93. The van der Waals surface area contributed by atoms with E-state index in [1.165, 1.54) is 17.4 Å². The van der Waals surface area contributed by atoms with Crippen LogP contribution < -0.4 is 10.5 Å². The zero-order chi connectivity index (χ0) is 14.9. The second-order valence-electron chi connectivity index (χ2n) is 5.42. The Kier molecular flexibility index (Phi) is 4.29. The summed E-state index contributed by atoms with van der Waals surface area (Å²) in [7, 11) is 0. The maximum Gasteiger partial charge on any atom is 0.387 e. The highest BCUT2D eigenvalue weighted by Crippen LogP contribution is 2.35. The lowest BCUT2D eigenvalue weighted by Crippen LogP contribution is -2.34. The Morgan fingerprint density at radius 1 is 1.65 bits per heavy atom. The fourth-order valence-electron chi connectivity index (χ4n) is 2.33. The van der Waals surface area contributed by atoms with E-state index in [1.807, 2.05) is 6.92 Å². The van der Waals surface area contributed by atoms with Gasteiger partial charge in [-0.1, -0.05) is 6.92 Å². The number of hydrogen-bond donors (Lipinski definition) is 1. The van der Waals surface area contributed by atoms with Crippen molar-refractivity contribution in [2.45, 2.75) is 26.9 Å². The monoisotopic (exact) mass is 304 g/mol. The molecular formula is C13H18F2N2O2S. The molecule has 1 aromatic heterocycles. The molecular weight excluding hydrogens is 286 g/mol. The molecule has 1 aliphatic rings. The standard InChI is InChI=1S/C13H18F2N2O2S/c1-8-5-9(19-12(14)15)10(20-8)11(18)17-4-3-13(2,6-16)7-17/h5,12H,3-4,6-7,16H2,1-2H3. The zero-order valence-electron chi connectivity index (χ0n) is 11.5. The van der Waals surface area contributed by atoms with Crippen LogP contribution in [0.1, 0.15) is 27.9 Å². The Balaban J connectivity index is 2.18. The van der Waals surface area contributed by atoms with Crippen molar-refractivity contribution < 1.29 is 18.3 Å². The molecule has 1 amide bonds. The Morgan fingerprint density at radius 2 is 2.35 bits per heavy atom. The van der Waals surface area contributed by atoms with Gasteiger partial charge in [-0.25, -0.2) is 0 Å². The Hall–Kier alpha value is -1.21. The summed E-state index contributed by atoms with van der Waals surface area (Å²) in [5, 5.41) is 0. The van der Waals surface area contributed by atoms with E-state index in [0.29, 0.717) is 19.6 Å². The predicted octanol–water partition coefficient (Wildman–Crippen LogP) is 2.47. The van der Waals surface area contributed by atoms with E-state index < -0.39 is 6.61 Å². The minimum absolute atomic E-state index is 0.0335. The van der Waals surface area contributed by atoms with Crippen LogP contribution in [0.15, 0.2) is 6.07 Å². The normalized spacial score (nSPS) is 22.6. The molecule has 0 bridgehead atoms. The zero-order valence-corrected chi connectivity index (χ0v) is 12.3. The van der Waals surface area contributed by atoms with E-state index >= 15 is 0 Å². The van der Waals surface area contributed by atoms with Gasteiger partial charge in [-0.3, -0.25) is 4.79 Å². The third-order valence-corrected chi connectivity index (χ3v) is 4.59. The number of thiophene rings is 1. The summed E-state index contributed by atoms with van der Waals surface area (Å²) < 4.78 is 29.2. The van der Waals surface area contributed by atoms with Crippen LogP contribution in [0.25, 0.3) is 0 Å². The molecule has 0 spiro atoms. The number of nitrogens with zero attached hydrogens (tertiary/aromatic N) is 1. The van der Waals surface area contributed by atoms with Gasteiger partial charge in [-0.15, -0.1) is 11.3 Å². The number of nitrogens with two attached hydrogens (primary N) is 1. The molecule has 1 fully saturated rings. The van der Waals surface area contributed by atoms with Gasteiger partial charge < -0.3 is 15.4 Å². The van der Waals surface area contributed by atoms with E-state index in [9.17, 15) is 13.6 Å². The number of amides is 1. The predicted molar refractivity (Wildman–Crippen MR) is 73.4 cm³/mol. The van der Waals surface area contributed by atoms with Crippen LogP contribution >= 0.6 is 11.3 Å². The quantitative estimate of drug-likeness (QED) is 0.929. The molecule has 1 aromatic rings. The molecule has 4 nitrogen and oxygen atoms in total. The third kappa shape index (κ3) is 3.09. The number of aryl methyl sites for hydroxylation is 1. The van der Waals surface area contributed by atoms with Crippen molar-refractivity contribution in [3.8, 4) is 5.75 Å². The summed E-state index contributed by atoms with van der Waals surface area (Å²) >= 11 is 1.18. The number of carbonyl (C=O) groups is 1. The molecule has 1 atom stereocenters. The van der Waals surface area contributed by atoms with Crippen molar-refractivity contribution in [3.63, 3.8) is 0 Å². The second kappa shape index (κ2) is 5.65. The van der Waals surface area contributed by atoms with Gasteiger partial charge in [0.15, 0.2) is 0 Å². The first-order chi connectivity index (χ1) is 9.34. The van der Waals surface area contributed by atoms with Gasteiger partial charge in [-0.05, 0) is 31.4 Å². The lowest BCUT2D eigenvalue weighted by Gasteiger charge is -2.22. The van der Waals surface area contributed by atoms with E-state index in [1.54, 1.807) is 11.8 Å². The Morgan fingerprint density at radius 3 is 2.90 bits per heavy atom. The molecule has 112 valence electrons. The average molecular weight is 304 g/mol. The van der Waals surface area contributed by atoms with Crippen molar-refractivity contribution >= 4 is 17.2 Å². The first-order valence-corrected chi connectivity index (χ1v) is 7.21. The molecule has 1 saturated heterocycles. The maximum absolute atomic E-state index is 12.4. The molecule has 1 aliphatic heterocycles. The first kappa shape index (κ1) is 15.2. The van der Waals surface area contributed by atoms with E-state index in [-0.39, 0.29) is 21.9 Å². The number of rotatable bonds is 4. The molecule has 1 unspecified atom stereocenters. The number of likely N-dealkylation sites (tertiary alicyclic amines) is 1. The van der Waals surface area contributed by atoms with Crippen LogP contribution in [0.5, 0.6) is 5.75 Å². The molecule has 2 rings (SSSR count). The number of halogens is 2. The number of ether oxygens (including phenoxy) is 1. The van der Waals surface area contributed by atoms with Crippen molar-refractivity contribution in [1.29, 1.82) is 0 Å². The maximum atomic E-state index is 12.4. The summed E-state index contributed by atoms with van der Waals surface area (Å²) in [4.78, 5) is 15.1. The summed E-state index contributed by atoms with van der Waals surface area (Å²) in [6.45, 7) is 2.50. The Bertz CT molecular complexity index is 507. The smallest absolute Gasteiger partial charge is 0.387 e. The fraction of sp³-hybridized carbons (Fsp3) is 0.615. The van der Waals surface area contributed by atoms with Crippen molar-refractivity contribution in [1.82, 2.24) is 4.90 Å². The summed E-state index contributed by atoms with van der Waals surface area (Å²) in [6.07, 6.45) is 0.824. The SMILES string of the molecule is Cc1cc(OC(F)F)c(C(=O)N2CCC(C)(CN)C2)s1. The van der Waals surface area contributed by atoms with Crippen LogP contribution in [0, 0.1) is 12.3 Å². The highest BCUT2D eigenvalue weighted by Gasteiger charge is 2.36. The topological polar surface area (TPSA) is 55.6 Å². The van der Waals surface area contributed by atoms with Crippen LogP contribution in [-0.2, 0) is 0 Å². The number of carbonyl (C=O) groups excluding carboxylic acids is 1. The number of hydrogen-bond acceptors (Lipinski definition) is 4. The first-order valence-electron chi connectivity index (χ1n) is 6.39. The van der Waals surface area contributed by atoms with E-state index in [2.05, 4.69) is 4.74 Å². The molecule has 2 heterocycles. The van der Waals surface area contributed by atoms with Crippen LogP contribution in [0.3, 0.4) is 0 Å². The molecule has 0 saturated carbocycles. The molecule has 0 aliphatic carbocycles. The van der Waals surface area contributed by atoms with Gasteiger partial charge >= 0.3 is 6.61 Å². The average Bonchev–Trinajstić information content (AvgIpc) is 2.92. The lowest BCUT2D eigenvalue weighted by atomic mass is 9.90. The van der Waals surface area contributed by atoms with Crippen LogP contribution in [0.2, 0.25) is 0 Å². The van der Waals surface area contributed by atoms with Gasteiger partial charge in [-0.2, -0.15) is 8.78 Å². The van der Waals surface area contributed by atoms with Gasteiger partial charge in [0.25, 0.3) is 5.91 Å². The summed E-state index contributed by atoms with van der Waals surface area (Å²) in [6, 6.07) is 1.47. The summed E-state index contributed by atoms with van der Waals surface area (Å²) in [5.41, 5.74) is 5.62. The van der Waals surface area contributed by atoms with E-state index in [4.69, 9.17) is 5.73 Å². The molecule has 0 radical (unpaired) electrons. The summed E-state index contributed by atoms with van der Waals surface area (Å²) in [5.74, 6) is -0.287. The van der Waals surface area contributed by atoms with Crippen molar-refractivity contribution in [2.75, 3.05) is 19.6 Å². The minimum Gasteiger partial charge on any atom is -0.433 e. The molecule has 7 heteroatoms. The third-order valence-electron chi connectivity index (χ3n) is 3.57. The second-order valence-corrected chi connectivity index (χ2v) is 6.68. The fourth-order valence-corrected chi connectivity index (χ4v) is 3.24. The number of alkyl halides is 2. The van der Waals surface area contributed by atoms with Gasteiger partial charge in [0.2, 0.25) is 0 Å². The van der Waals surface area contributed by atoms with Crippen LogP contribution in [0.4, 0.5) is 8.78 Å². The highest BCUT2D eigenvalue weighted by atomic mass is 32.1. The van der Waals surface area contributed by atoms with Crippen LogP contribution in [-0.4, -0.2) is 37.1 Å². The molecule has 2 N–H and O–H groups in total.